The summed E-state index contributed by atoms with van der Waals surface area (Å²) in [4.78, 5) is 20.0. The van der Waals surface area contributed by atoms with Gasteiger partial charge in [0.1, 0.15) is 16.7 Å². The highest BCUT2D eigenvalue weighted by Crippen LogP contribution is 2.17. The fraction of sp³-hybridized carbons (Fsp3) is 0.154. The van der Waals surface area contributed by atoms with Crippen LogP contribution in [0, 0.1) is 13.8 Å². The van der Waals surface area contributed by atoms with Gasteiger partial charge in [-0.15, -0.1) is 0 Å². The number of nitrogens with zero attached hydrogens (tertiary/aromatic N) is 2. The summed E-state index contributed by atoms with van der Waals surface area (Å²) >= 11 is 5.80. The molecule has 98 valence electrons. The van der Waals surface area contributed by atoms with Crippen molar-refractivity contribution >= 4 is 28.9 Å². The molecule has 19 heavy (non-hydrogen) atoms. The minimum absolute atomic E-state index is 0.229. The zero-order chi connectivity index (χ0) is 14.0. The first-order valence-corrected chi connectivity index (χ1v) is 6.02. The predicted molar refractivity (Wildman–Crippen MR) is 75.3 cm³/mol. The first-order chi connectivity index (χ1) is 8.95. The highest BCUT2D eigenvalue weighted by Gasteiger charge is 2.10. The number of aromatic nitrogens is 2. The number of halogens is 1. The number of carbonyl (C=O) groups excluding carboxylic acids is 1. The van der Waals surface area contributed by atoms with E-state index in [1.54, 1.807) is 25.1 Å². The van der Waals surface area contributed by atoms with Gasteiger partial charge in [0.15, 0.2) is 0 Å². The molecule has 1 aromatic heterocycles. The Morgan fingerprint density at radius 1 is 1.26 bits per heavy atom. The van der Waals surface area contributed by atoms with Gasteiger partial charge in [-0.05, 0) is 37.6 Å². The molecule has 1 aromatic carbocycles. The molecule has 0 unspecified atom stereocenters. The molecule has 0 atom stereocenters. The Hall–Kier alpha value is -2.14. The number of hydrogen-bond acceptors (Lipinski definition) is 4. The van der Waals surface area contributed by atoms with Crippen LogP contribution in [-0.4, -0.2) is 15.9 Å². The summed E-state index contributed by atoms with van der Waals surface area (Å²) in [5.41, 5.74) is 8.18. The van der Waals surface area contributed by atoms with E-state index in [4.69, 9.17) is 17.3 Å². The molecule has 5 nitrogen and oxygen atoms in total. The lowest BCUT2D eigenvalue weighted by atomic mass is 10.2. The molecule has 0 radical (unpaired) electrons. The Labute approximate surface area is 115 Å². The normalized spacial score (nSPS) is 10.3. The molecular weight excluding hydrogens is 264 g/mol. The van der Waals surface area contributed by atoms with Gasteiger partial charge < -0.3 is 11.1 Å². The number of hydrogen-bond donors (Lipinski definition) is 2. The van der Waals surface area contributed by atoms with E-state index in [0.29, 0.717) is 17.2 Å². The molecule has 0 aliphatic carbocycles. The second-order valence-corrected chi connectivity index (χ2v) is 4.54. The highest BCUT2D eigenvalue weighted by atomic mass is 35.5. The van der Waals surface area contributed by atoms with Crippen LogP contribution in [0.4, 0.5) is 11.4 Å². The van der Waals surface area contributed by atoms with Crippen molar-refractivity contribution in [3.63, 3.8) is 0 Å². The molecule has 0 spiro atoms. The first-order valence-electron chi connectivity index (χ1n) is 5.64. The largest absolute Gasteiger partial charge is 0.399 e. The van der Waals surface area contributed by atoms with Gasteiger partial charge in [0, 0.05) is 17.4 Å². The first kappa shape index (κ1) is 13.3. The average molecular weight is 277 g/mol. The maximum absolute atomic E-state index is 12.0. The van der Waals surface area contributed by atoms with Gasteiger partial charge in [0.05, 0.1) is 0 Å². The van der Waals surface area contributed by atoms with Crippen LogP contribution in [0.2, 0.25) is 5.15 Å². The molecule has 1 heterocycles. The van der Waals surface area contributed by atoms with Gasteiger partial charge >= 0.3 is 0 Å². The van der Waals surface area contributed by atoms with Crippen molar-refractivity contribution in [2.24, 2.45) is 0 Å². The van der Waals surface area contributed by atoms with E-state index in [1.165, 1.54) is 6.07 Å². The molecular formula is C13H13ClN4O. The third kappa shape index (κ3) is 3.20. The molecule has 0 saturated heterocycles. The van der Waals surface area contributed by atoms with Crippen molar-refractivity contribution in [2.45, 2.75) is 13.8 Å². The van der Waals surface area contributed by atoms with Crippen molar-refractivity contribution in [2.75, 3.05) is 11.1 Å². The van der Waals surface area contributed by atoms with Gasteiger partial charge in [-0.1, -0.05) is 11.6 Å². The Morgan fingerprint density at radius 3 is 2.63 bits per heavy atom. The summed E-state index contributed by atoms with van der Waals surface area (Å²) in [5, 5.41) is 2.98. The number of benzene rings is 1. The van der Waals surface area contributed by atoms with Crippen molar-refractivity contribution in [3.05, 3.63) is 46.5 Å². The van der Waals surface area contributed by atoms with Crippen LogP contribution in [-0.2, 0) is 0 Å². The monoisotopic (exact) mass is 276 g/mol. The van der Waals surface area contributed by atoms with Crippen molar-refractivity contribution in [3.8, 4) is 0 Å². The number of rotatable bonds is 2. The zero-order valence-electron chi connectivity index (χ0n) is 10.6. The highest BCUT2D eigenvalue weighted by molar-refractivity contribution is 6.29. The Balaban J connectivity index is 2.22. The van der Waals surface area contributed by atoms with E-state index in [-0.39, 0.29) is 16.8 Å². The van der Waals surface area contributed by atoms with Gasteiger partial charge in [0.25, 0.3) is 5.91 Å². The topological polar surface area (TPSA) is 80.9 Å². The molecule has 0 aliphatic heterocycles. The number of amides is 1. The minimum Gasteiger partial charge on any atom is -0.399 e. The molecule has 2 rings (SSSR count). The second kappa shape index (κ2) is 5.24. The molecule has 0 fully saturated rings. The third-order valence-corrected chi connectivity index (χ3v) is 2.76. The van der Waals surface area contributed by atoms with Gasteiger partial charge in [0.2, 0.25) is 0 Å². The van der Waals surface area contributed by atoms with Crippen molar-refractivity contribution in [1.29, 1.82) is 0 Å². The fourth-order valence-corrected chi connectivity index (χ4v) is 1.82. The van der Waals surface area contributed by atoms with Gasteiger partial charge in [-0.2, -0.15) is 0 Å². The van der Waals surface area contributed by atoms with Crippen LogP contribution in [0.25, 0.3) is 0 Å². The predicted octanol–water partition coefficient (Wildman–Crippen LogP) is 2.58. The molecule has 0 saturated carbocycles. The summed E-state index contributed by atoms with van der Waals surface area (Å²) in [6.45, 7) is 3.55. The van der Waals surface area contributed by atoms with Gasteiger partial charge in [-0.25, -0.2) is 9.97 Å². The van der Waals surface area contributed by atoms with Crippen LogP contribution >= 0.6 is 11.6 Å². The maximum atomic E-state index is 12.0. The third-order valence-electron chi connectivity index (χ3n) is 2.57. The Bertz CT molecular complexity index is 622. The Morgan fingerprint density at radius 2 is 2.00 bits per heavy atom. The summed E-state index contributed by atoms with van der Waals surface area (Å²) in [6.07, 6.45) is 0. The van der Waals surface area contributed by atoms with Crippen molar-refractivity contribution < 1.29 is 4.79 Å². The molecule has 0 bridgehead atoms. The number of carbonyl (C=O) groups is 1. The van der Waals surface area contributed by atoms with E-state index < -0.39 is 0 Å². The molecule has 3 N–H and O–H groups in total. The van der Waals surface area contributed by atoms with Crippen LogP contribution in [0.1, 0.15) is 21.9 Å². The van der Waals surface area contributed by atoms with E-state index in [1.807, 2.05) is 6.92 Å². The number of aryl methyl sites for hydroxylation is 2. The number of nitrogens with two attached hydrogens (primary N) is 1. The molecule has 1 amide bonds. The lowest BCUT2D eigenvalue weighted by Gasteiger charge is -2.07. The van der Waals surface area contributed by atoms with Gasteiger partial charge in [-0.3, -0.25) is 4.79 Å². The standard InChI is InChI=1S/C13H13ClN4O/c1-7-5-9(3-4-10(7)15)18-13(19)11-6-12(14)17-8(2)16-11/h3-6H,15H2,1-2H3,(H,18,19). The number of anilines is 2. The maximum Gasteiger partial charge on any atom is 0.274 e. The smallest absolute Gasteiger partial charge is 0.274 e. The fourth-order valence-electron chi connectivity index (χ4n) is 1.60. The summed E-state index contributed by atoms with van der Waals surface area (Å²) in [5.74, 6) is 0.114. The SMILES string of the molecule is Cc1nc(Cl)cc(C(=O)Nc2ccc(N)c(C)c2)n1. The summed E-state index contributed by atoms with van der Waals surface area (Å²) in [7, 11) is 0. The lowest BCUT2D eigenvalue weighted by Crippen LogP contribution is -2.15. The quantitative estimate of drug-likeness (QED) is 0.652. The van der Waals surface area contributed by atoms with E-state index in [9.17, 15) is 4.79 Å². The minimum atomic E-state index is -0.337. The number of nitrogen functional groups attached to an aromatic ring is 1. The van der Waals surface area contributed by atoms with Crippen molar-refractivity contribution in [1.82, 2.24) is 9.97 Å². The summed E-state index contributed by atoms with van der Waals surface area (Å²) < 4.78 is 0. The van der Waals surface area contributed by atoms with E-state index in [2.05, 4.69) is 15.3 Å². The summed E-state index contributed by atoms with van der Waals surface area (Å²) in [6, 6.07) is 6.69. The number of nitrogens with one attached hydrogen (secondary N) is 1. The van der Waals surface area contributed by atoms with Crippen LogP contribution in [0.15, 0.2) is 24.3 Å². The molecule has 2 aromatic rings. The molecule has 0 aliphatic rings. The molecule has 6 heteroatoms. The van der Waals surface area contributed by atoms with E-state index in [0.717, 1.165) is 5.56 Å². The Kier molecular flexibility index (Phi) is 3.66. The lowest BCUT2D eigenvalue weighted by molar-refractivity contribution is 0.102. The van der Waals surface area contributed by atoms with Crippen LogP contribution in [0.5, 0.6) is 0 Å². The van der Waals surface area contributed by atoms with E-state index >= 15 is 0 Å². The van der Waals surface area contributed by atoms with Crippen LogP contribution < -0.4 is 11.1 Å². The average Bonchev–Trinajstić information content (AvgIpc) is 2.32. The zero-order valence-corrected chi connectivity index (χ0v) is 11.3. The van der Waals surface area contributed by atoms with Crippen LogP contribution in [0.3, 0.4) is 0 Å². The second-order valence-electron chi connectivity index (χ2n) is 4.15.